The van der Waals surface area contributed by atoms with Gasteiger partial charge in [-0.1, -0.05) is 18.3 Å². The summed E-state index contributed by atoms with van der Waals surface area (Å²) in [4.78, 5) is 27.0. The number of carbonyl (C=O) groups excluding carboxylic acids is 2. The SMILES string of the molecule is C#CCC(CC#C)C(=O)OCCOCC.C#CCC(O)CC#C.C#CCN(CC#C)C(=O)CN1CCCCC1. The molecule has 0 aliphatic carbocycles. The zero-order valence-corrected chi connectivity index (χ0v) is 23.2. The predicted molar refractivity (Wildman–Crippen MR) is 155 cm³/mol. The van der Waals surface area contributed by atoms with Crippen molar-refractivity contribution in [3.8, 4) is 74.1 Å². The van der Waals surface area contributed by atoms with E-state index in [4.69, 9.17) is 53.1 Å². The molecular weight excluding hydrogens is 492 g/mol. The maximum atomic E-state index is 11.9. The Labute approximate surface area is 236 Å². The lowest BCUT2D eigenvalue weighted by Gasteiger charge is -2.28. The molecule has 1 saturated heterocycles. The molecular formula is C32H42N2O5. The molecule has 0 saturated carbocycles. The van der Waals surface area contributed by atoms with E-state index in [0.29, 0.717) is 58.5 Å². The fourth-order valence-electron chi connectivity index (χ4n) is 3.19. The van der Waals surface area contributed by atoms with Gasteiger partial charge in [-0.3, -0.25) is 14.5 Å². The topological polar surface area (TPSA) is 79.3 Å². The zero-order valence-electron chi connectivity index (χ0n) is 23.2. The number of rotatable bonds is 13. The van der Waals surface area contributed by atoms with Gasteiger partial charge >= 0.3 is 5.97 Å². The molecule has 1 aliphatic rings. The maximum Gasteiger partial charge on any atom is 0.310 e. The van der Waals surface area contributed by atoms with E-state index >= 15 is 0 Å². The van der Waals surface area contributed by atoms with Crippen molar-refractivity contribution in [3.05, 3.63) is 0 Å². The summed E-state index contributed by atoms with van der Waals surface area (Å²) in [6, 6.07) is 0. The van der Waals surface area contributed by atoms with Gasteiger partial charge in [0, 0.05) is 32.3 Å². The van der Waals surface area contributed by atoms with Gasteiger partial charge in [0.05, 0.1) is 38.3 Å². The first-order valence-electron chi connectivity index (χ1n) is 12.9. The maximum absolute atomic E-state index is 11.9. The van der Waals surface area contributed by atoms with Crippen molar-refractivity contribution in [1.29, 1.82) is 0 Å². The largest absolute Gasteiger partial charge is 0.463 e. The van der Waals surface area contributed by atoms with Crippen LogP contribution in [0.3, 0.4) is 0 Å². The van der Waals surface area contributed by atoms with E-state index in [2.05, 4.69) is 40.4 Å². The Morgan fingerprint density at radius 3 is 1.77 bits per heavy atom. The van der Waals surface area contributed by atoms with Crippen molar-refractivity contribution in [3.63, 3.8) is 0 Å². The summed E-state index contributed by atoms with van der Waals surface area (Å²) in [7, 11) is 0. The molecule has 0 spiro atoms. The van der Waals surface area contributed by atoms with Gasteiger partial charge in [0.2, 0.25) is 5.91 Å². The van der Waals surface area contributed by atoms with Crippen molar-refractivity contribution in [2.45, 2.75) is 58.0 Å². The van der Waals surface area contributed by atoms with Gasteiger partial charge in [0.25, 0.3) is 0 Å². The van der Waals surface area contributed by atoms with Gasteiger partial charge in [-0.05, 0) is 32.9 Å². The highest BCUT2D eigenvalue weighted by Gasteiger charge is 2.18. The van der Waals surface area contributed by atoms with Crippen LogP contribution in [0.5, 0.6) is 0 Å². The first kappa shape index (κ1) is 37.3. The number of aliphatic hydroxyl groups excluding tert-OH is 1. The first-order valence-corrected chi connectivity index (χ1v) is 12.9. The third kappa shape index (κ3) is 21.9. The molecule has 0 aromatic rings. The van der Waals surface area contributed by atoms with E-state index in [1.807, 2.05) is 6.92 Å². The highest BCUT2D eigenvalue weighted by molar-refractivity contribution is 5.78. The lowest BCUT2D eigenvalue weighted by atomic mass is 10.0. The smallest absolute Gasteiger partial charge is 0.310 e. The van der Waals surface area contributed by atoms with Gasteiger partial charge in [0.15, 0.2) is 0 Å². The molecule has 210 valence electrons. The number of hydrogen-bond donors (Lipinski definition) is 1. The fourth-order valence-corrected chi connectivity index (χ4v) is 3.19. The Morgan fingerprint density at radius 1 is 0.821 bits per heavy atom. The van der Waals surface area contributed by atoms with Gasteiger partial charge in [-0.2, -0.15) is 0 Å². The second kappa shape index (κ2) is 27.2. The van der Waals surface area contributed by atoms with Gasteiger partial charge < -0.3 is 19.5 Å². The molecule has 0 aromatic heterocycles. The Bertz CT molecular complexity index is 879. The monoisotopic (exact) mass is 534 g/mol. The lowest BCUT2D eigenvalue weighted by Crippen LogP contribution is -2.42. The molecule has 1 aliphatic heterocycles. The number of nitrogens with zero attached hydrogens (tertiary/aromatic N) is 2. The number of hydrogen-bond acceptors (Lipinski definition) is 6. The third-order valence-corrected chi connectivity index (χ3v) is 5.17. The van der Waals surface area contributed by atoms with Crippen molar-refractivity contribution in [2.75, 3.05) is 52.5 Å². The summed E-state index contributed by atoms with van der Waals surface area (Å²) in [6.45, 7) is 6.20. The van der Waals surface area contributed by atoms with Crippen LogP contribution in [0.25, 0.3) is 0 Å². The minimum Gasteiger partial charge on any atom is -0.463 e. The van der Waals surface area contributed by atoms with Crippen LogP contribution in [-0.4, -0.2) is 85.4 Å². The summed E-state index contributed by atoms with van der Waals surface area (Å²) in [5.41, 5.74) is 0. The Morgan fingerprint density at radius 2 is 1.33 bits per heavy atom. The Hall–Kier alpha value is -3.82. The average Bonchev–Trinajstić information content (AvgIpc) is 2.92. The standard InChI is InChI=1S/C13H18N2O.C12H16O3.C7H8O/c1-3-8-15(9-4-2)13(16)12-14-10-6-5-7-11-14;1-4-7-11(8-5-2)12(13)15-10-9-14-6-3;1-3-5-7(8)6-4-2/h1-2H,5-12H2;1-2,11H,6-10H2,3H3;1-2,7-8H,5-6H2. The van der Waals surface area contributed by atoms with E-state index < -0.39 is 6.10 Å². The molecule has 1 heterocycles. The summed E-state index contributed by atoms with van der Waals surface area (Å²) in [5.74, 6) is 13.7. The van der Waals surface area contributed by atoms with E-state index in [-0.39, 0.29) is 24.4 Å². The molecule has 0 bridgehead atoms. The second-order valence-corrected chi connectivity index (χ2v) is 8.34. The van der Waals surface area contributed by atoms with Crippen LogP contribution in [0.4, 0.5) is 0 Å². The summed E-state index contributed by atoms with van der Waals surface area (Å²) in [5, 5.41) is 8.76. The number of likely N-dealkylation sites (tertiary alicyclic amines) is 1. The number of carbonyl (C=O) groups is 2. The van der Waals surface area contributed by atoms with Crippen LogP contribution in [0.15, 0.2) is 0 Å². The molecule has 0 unspecified atom stereocenters. The minimum atomic E-state index is -0.509. The normalized spacial score (nSPS) is 11.8. The number of ether oxygens (including phenoxy) is 2. The zero-order chi connectivity index (χ0) is 29.7. The highest BCUT2D eigenvalue weighted by Crippen LogP contribution is 2.10. The van der Waals surface area contributed by atoms with Crippen LogP contribution in [0.1, 0.15) is 51.9 Å². The fraction of sp³-hybridized carbons (Fsp3) is 0.562. The van der Waals surface area contributed by atoms with Crippen molar-refractivity contribution >= 4 is 11.9 Å². The molecule has 7 heteroatoms. The Kier molecular flexibility index (Phi) is 26.1. The molecule has 0 aromatic carbocycles. The van der Waals surface area contributed by atoms with Gasteiger partial charge in [-0.15, -0.1) is 62.2 Å². The van der Waals surface area contributed by atoms with Crippen LogP contribution in [0, 0.1) is 80.0 Å². The average molecular weight is 535 g/mol. The number of terminal acetylenes is 6. The van der Waals surface area contributed by atoms with Crippen LogP contribution < -0.4 is 0 Å². The summed E-state index contributed by atoms with van der Waals surface area (Å²) < 4.78 is 9.98. The second-order valence-electron chi connectivity index (χ2n) is 8.34. The predicted octanol–water partition coefficient (Wildman–Crippen LogP) is 2.19. The van der Waals surface area contributed by atoms with E-state index in [1.54, 1.807) is 4.90 Å². The number of piperidine rings is 1. The highest BCUT2D eigenvalue weighted by atomic mass is 16.6. The molecule has 39 heavy (non-hydrogen) atoms. The van der Waals surface area contributed by atoms with Crippen molar-refractivity contribution in [2.24, 2.45) is 5.92 Å². The van der Waals surface area contributed by atoms with Gasteiger partial charge in [-0.25, -0.2) is 0 Å². The molecule has 0 radical (unpaired) electrons. The number of aliphatic hydroxyl groups is 1. The molecule has 7 nitrogen and oxygen atoms in total. The molecule has 1 N–H and O–H groups in total. The number of amides is 1. The Balaban J connectivity index is 0. The van der Waals surface area contributed by atoms with Crippen molar-refractivity contribution < 1.29 is 24.2 Å². The minimum absolute atomic E-state index is 0.0396. The summed E-state index contributed by atoms with van der Waals surface area (Å²) >= 11 is 0. The van der Waals surface area contributed by atoms with Crippen LogP contribution >= 0.6 is 0 Å². The third-order valence-electron chi connectivity index (χ3n) is 5.17. The molecule has 1 rings (SSSR count). The van der Waals surface area contributed by atoms with E-state index in [0.717, 1.165) is 13.1 Å². The number of esters is 1. The van der Waals surface area contributed by atoms with Gasteiger partial charge in [0.1, 0.15) is 6.61 Å². The lowest BCUT2D eigenvalue weighted by molar-refractivity contribution is -0.149. The molecule has 1 fully saturated rings. The quantitative estimate of drug-likeness (QED) is 0.222. The van der Waals surface area contributed by atoms with Crippen LogP contribution in [0.2, 0.25) is 0 Å². The molecule has 0 atom stereocenters. The van der Waals surface area contributed by atoms with E-state index in [9.17, 15) is 9.59 Å². The summed E-state index contributed by atoms with van der Waals surface area (Å²) in [6.07, 6.45) is 34.9. The van der Waals surface area contributed by atoms with E-state index in [1.165, 1.54) is 19.3 Å². The first-order chi connectivity index (χ1) is 18.8. The van der Waals surface area contributed by atoms with Crippen molar-refractivity contribution in [1.82, 2.24) is 9.80 Å². The van der Waals surface area contributed by atoms with Crippen LogP contribution in [-0.2, 0) is 19.1 Å². The molecule has 1 amide bonds.